The molecule has 14 aromatic heterocycles. The summed E-state index contributed by atoms with van der Waals surface area (Å²) in [7, 11) is 1.53. The fourth-order valence-electron chi connectivity index (χ4n) is 10.2. The van der Waals surface area contributed by atoms with Gasteiger partial charge in [-0.15, -0.1) is 0 Å². The van der Waals surface area contributed by atoms with Crippen molar-refractivity contribution in [3.05, 3.63) is 254 Å². The molecule has 0 aliphatic carbocycles. The van der Waals surface area contributed by atoms with Crippen LogP contribution in [-0.2, 0) is 36.5 Å². The van der Waals surface area contributed by atoms with Gasteiger partial charge in [0, 0.05) is 122 Å². The number of nitrogens with one attached hydrogen (secondary N) is 5. The van der Waals surface area contributed by atoms with Gasteiger partial charge < -0.3 is 61.5 Å². The molecule has 608 valence electrons. The number of carbonyl (C=O) groups is 2. The van der Waals surface area contributed by atoms with Crippen molar-refractivity contribution >= 4 is 154 Å². The van der Waals surface area contributed by atoms with Crippen LogP contribution in [0, 0.1) is 52.1 Å². The predicted molar refractivity (Wildman–Crippen MR) is 440 cm³/mol. The van der Waals surface area contributed by atoms with E-state index in [4.69, 9.17) is 66.4 Å². The van der Waals surface area contributed by atoms with Gasteiger partial charge in [-0.05, 0) is 129 Å². The van der Waals surface area contributed by atoms with Crippen LogP contribution in [0.2, 0.25) is 15.5 Å². The predicted octanol–water partition coefficient (Wildman–Crippen LogP) is 9.03. The number of hydrogen-bond acceptors (Lipinski definition) is 24. The van der Waals surface area contributed by atoms with E-state index in [1.165, 1.54) is 70.7 Å². The van der Waals surface area contributed by atoms with Crippen LogP contribution >= 0.6 is 73.7 Å². The molecule has 0 saturated carbocycles. The number of methoxy groups -OCH3 is 2. The maximum atomic E-state index is 13.7. The summed E-state index contributed by atoms with van der Waals surface area (Å²) in [6, 6.07) is 26.6. The SMILES string of the molecule is COC(=O)CC(=O)OC.C[O-].Cc1cn[nH]c1N.Cc1cnn2c(-c3cncc(F)c3)cc(Cl)nc12.Cc1cnn2c(-c3cncc(F)c3)cc(NCCc3c[nH]c4ccccc34)nc12.Cc1cnn2c(Cl)cc(Cl)nc12.Cc1cnn2c(O)cc(=O)[nH]c12.NCCc1c[nH]c2ccccc12.O=P(Cl)(Cl)Cl.OB(O)c1cncc(F)c1.[Na+]. The standard InChI is InChI=1S/C22H19FN6.C12H8ClFN4.C10H12N2.C7H5Cl2N3.C7H7N3O2.C5H5BFNO2.C5H8O4.C4H7N3.CH3O.Cl3OP.Na/c1-14-10-27-29-20(16-8-17(23)13-24-11-16)9-21(28-22(14)29)25-7-6-15-12-26-19-5-3-2-4-18(15)19;1-7-4-16-18-10(3-11(13)17-12(7)18)8-2-9(14)6-15-5-8;11-6-5-8-7-12-10-4-2-1-3-9(8)10;1-4-3-10-12-6(9)2-5(8)11-7(4)12;1-4-3-8-10-6(12)2-5(11)9-7(4)10;7-5-1-4(6(9)10)2-8-3-5;1-8-4(6)3-5(7)9-2;1-3-2-6-7-4(3)5;1-2;1-5(2,3)4;/h2-5,8-13,26H,6-7H2,1H3,(H,25,28);2-6H,1H3;1-4,7,12H,5-6,11H2;2-3H,1H3;2-3,12H,1H3,(H,9,11);1-3,9-10H;3H2,1-2H3;2H,1H3,(H3,5,6,7);1H3;;/q;;;;;;;;-1;;+1. The maximum absolute atomic E-state index is 13.7. The van der Waals surface area contributed by atoms with Crippen molar-refractivity contribution in [1.82, 2.24) is 93.5 Å². The van der Waals surface area contributed by atoms with E-state index in [9.17, 15) is 37.2 Å². The van der Waals surface area contributed by atoms with Gasteiger partial charge in [0.15, 0.2) is 16.9 Å². The number of aryl methyl sites for hydroxylation is 5. The van der Waals surface area contributed by atoms with Gasteiger partial charge in [0.05, 0.1) is 81.2 Å². The third-order valence-corrected chi connectivity index (χ3v) is 16.3. The largest absolute Gasteiger partial charge is 1.00 e. The number of para-hydroxylation sites is 2. The van der Waals surface area contributed by atoms with E-state index in [0.717, 1.165) is 102 Å². The van der Waals surface area contributed by atoms with Crippen molar-refractivity contribution in [1.29, 1.82) is 0 Å². The molecule has 12 N–H and O–H groups in total. The van der Waals surface area contributed by atoms with E-state index >= 15 is 0 Å². The number of aromatic nitrogens is 19. The molecule has 32 nitrogen and oxygen atoms in total. The second-order valence-electron chi connectivity index (χ2n) is 23.9. The van der Waals surface area contributed by atoms with Gasteiger partial charge in [0.1, 0.15) is 56.6 Å². The Morgan fingerprint density at radius 3 is 1.51 bits per heavy atom. The molecule has 0 aliphatic rings. The van der Waals surface area contributed by atoms with Crippen LogP contribution in [0.25, 0.3) is 66.9 Å². The molecule has 16 rings (SSSR count). The molecule has 2 aromatic carbocycles. The maximum Gasteiger partial charge on any atom is 1.00 e. The number of carbonyl (C=O) groups excluding carboxylic acids is 2. The van der Waals surface area contributed by atoms with Crippen LogP contribution in [0.15, 0.2) is 176 Å². The first-order valence-corrected chi connectivity index (χ1v) is 39.4. The first kappa shape index (κ1) is 95.3. The second kappa shape index (κ2) is 46.4. The molecule has 0 unspecified atom stereocenters. The molecule has 0 aliphatic heterocycles. The normalized spacial score (nSPS) is 10.4. The minimum atomic E-state index is -3.22. The number of hydrogen-bond donors (Lipinski definition) is 10. The van der Waals surface area contributed by atoms with E-state index in [-0.39, 0.29) is 58.7 Å². The Kier molecular flexibility index (Phi) is 37.8. The van der Waals surface area contributed by atoms with Gasteiger partial charge >= 0.3 is 53.8 Å². The van der Waals surface area contributed by atoms with Crippen molar-refractivity contribution in [2.75, 3.05) is 45.5 Å². The fourth-order valence-corrected chi connectivity index (χ4v) is 10.8. The number of aromatic amines is 4. The third-order valence-electron chi connectivity index (χ3n) is 15.6. The van der Waals surface area contributed by atoms with Crippen molar-refractivity contribution in [2.45, 2.75) is 53.9 Å². The van der Waals surface area contributed by atoms with Gasteiger partial charge in [-0.25, -0.2) is 41.7 Å². The number of nitrogen functional groups attached to an aromatic ring is 1. The van der Waals surface area contributed by atoms with Gasteiger partial charge in [0.25, 0.3) is 5.56 Å². The monoisotopic (exact) mass is 1750 g/mol. The van der Waals surface area contributed by atoms with E-state index < -0.39 is 35.9 Å². The zero-order chi connectivity index (χ0) is 84.9. The number of anilines is 2. The fraction of sp³-hybridized carbons (Fsp3) is 0.178. The summed E-state index contributed by atoms with van der Waals surface area (Å²) in [4.78, 5) is 64.7. The summed E-state index contributed by atoms with van der Waals surface area (Å²) in [6.45, 7) is 10.9. The number of rotatable bonds is 11. The molecule has 0 saturated heterocycles. The number of aromatic hydroxyl groups is 1. The first-order valence-electron chi connectivity index (χ1n) is 33.8. The Balaban J connectivity index is 0.000000213. The van der Waals surface area contributed by atoms with Crippen LogP contribution in [0.3, 0.4) is 0 Å². The molecule has 0 fully saturated rings. The zero-order valence-electron chi connectivity index (χ0n) is 63.7. The quantitative estimate of drug-likeness (QED) is 0.0190. The van der Waals surface area contributed by atoms with Gasteiger partial charge in [-0.3, -0.25) is 39.0 Å². The van der Waals surface area contributed by atoms with E-state index in [1.54, 1.807) is 76.0 Å². The number of benzene rings is 2. The summed E-state index contributed by atoms with van der Waals surface area (Å²) < 4.78 is 63.2. The van der Waals surface area contributed by atoms with E-state index in [2.05, 4.69) is 149 Å². The number of fused-ring (bicyclic) bond motifs is 6. The Hall–Kier alpha value is -10.5. The average molecular weight is 1750 g/mol. The van der Waals surface area contributed by atoms with Crippen LogP contribution in [-0.4, -0.2) is 162 Å². The van der Waals surface area contributed by atoms with Crippen molar-refractivity contribution in [3.8, 4) is 28.4 Å². The van der Waals surface area contributed by atoms with E-state index in [1.807, 2.05) is 64.4 Å². The zero-order valence-corrected chi connectivity index (χ0v) is 71.1. The number of pyridine rings is 3. The minimum absolute atomic E-state index is 0. The number of nitrogens with zero attached hydrogens (tertiary/aromatic N) is 15. The Morgan fingerprint density at radius 2 is 1.05 bits per heavy atom. The Labute approximate surface area is 716 Å². The van der Waals surface area contributed by atoms with Gasteiger partial charge in [-0.2, -0.15) is 37.1 Å². The molecular formula is C73H74BCl6F3N22NaO10P. The molecule has 0 atom stereocenters. The number of ether oxygens (including phenoxy) is 2. The summed E-state index contributed by atoms with van der Waals surface area (Å²) in [5.41, 5.74) is 25.4. The molecule has 14 heterocycles. The molecule has 0 spiro atoms. The first-order chi connectivity index (χ1) is 55.3. The van der Waals surface area contributed by atoms with E-state index in [0.29, 0.717) is 61.6 Å². The number of H-pyrrole nitrogens is 4. The average Bonchev–Trinajstić information content (AvgIpc) is 1.69. The minimum Gasteiger partial charge on any atom is -0.857 e. The molecule has 0 amide bonds. The number of nitrogens with two attached hydrogens (primary N) is 2. The van der Waals surface area contributed by atoms with Crippen molar-refractivity contribution in [3.63, 3.8) is 0 Å². The van der Waals surface area contributed by atoms with Crippen LogP contribution in [0.1, 0.15) is 45.4 Å². The van der Waals surface area contributed by atoms with Gasteiger partial charge in [-0.1, -0.05) is 71.2 Å². The van der Waals surface area contributed by atoms with Crippen LogP contribution in [0.4, 0.5) is 24.8 Å². The molecule has 44 heteroatoms. The molecule has 0 bridgehead atoms. The summed E-state index contributed by atoms with van der Waals surface area (Å²) in [5.74, 6) is -1.31. The number of halogens is 9. The molecule has 117 heavy (non-hydrogen) atoms. The summed E-state index contributed by atoms with van der Waals surface area (Å²) in [6.07, 6.45) is 21.7. The second-order valence-corrected chi connectivity index (χ2v) is 31.7. The van der Waals surface area contributed by atoms with Gasteiger partial charge in [0.2, 0.25) is 5.88 Å². The molecular weight excluding hydrogens is 1680 g/mol. The van der Waals surface area contributed by atoms with Crippen LogP contribution in [0.5, 0.6) is 5.88 Å². The summed E-state index contributed by atoms with van der Waals surface area (Å²) in [5, 5.41) is 61.1. The smallest absolute Gasteiger partial charge is 0.857 e. The number of esters is 2. The molecule has 0 radical (unpaired) electrons. The molecule has 16 aromatic rings. The topological polar surface area (TPSA) is 457 Å². The van der Waals surface area contributed by atoms with Crippen molar-refractivity contribution in [2.24, 2.45) is 5.73 Å². The van der Waals surface area contributed by atoms with Crippen LogP contribution < -0.4 is 62.5 Å². The summed E-state index contributed by atoms with van der Waals surface area (Å²) >= 11 is 31.4. The Morgan fingerprint density at radius 1 is 0.598 bits per heavy atom. The van der Waals surface area contributed by atoms with Crippen molar-refractivity contribution < 1.29 is 86.6 Å². The third kappa shape index (κ3) is 28.7. The Bertz CT molecular complexity index is 6010.